The van der Waals surface area contributed by atoms with Gasteiger partial charge in [0.15, 0.2) is 5.69 Å². The summed E-state index contributed by atoms with van der Waals surface area (Å²) >= 11 is 0. The number of carboxylic acids is 1. The van der Waals surface area contributed by atoms with Crippen molar-refractivity contribution < 1.29 is 9.90 Å². The van der Waals surface area contributed by atoms with Crippen LogP contribution in [0.4, 0.5) is 5.95 Å². The van der Waals surface area contributed by atoms with Crippen molar-refractivity contribution in [2.24, 2.45) is 0 Å². The first-order valence-electron chi connectivity index (χ1n) is 2.85. The third-order valence-corrected chi connectivity index (χ3v) is 1.00. The Hall–Kier alpha value is -1.72. The Balaban J connectivity index is 3.01. The van der Waals surface area contributed by atoms with Crippen LogP contribution in [0.3, 0.4) is 0 Å². The van der Waals surface area contributed by atoms with Crippen molar-refractivity contribution in [2.75, 3.05) is 12.4 Å². The predicted octanol–water partition coefficient (Wildman–Crippen LogP) is -0.389. The second-order valence-corrected chi connectivity index (χ2v) is 1.72. The Morgan fingerprint density at radius 3 is 3.00 bits per heavy atom. The highest BCUT2D eigenvalue weighted by molar-refractivity contribution is 5.85. The van der Waals surface area contributed by atoms with Gasteiger partial charge in [0.2, 0.25) is 5.95 Å². The summed E-state index contributed by atoms with van der Waals surface area (Å²) in [6.45, 7) is 0. The molecule has 11 heavy (non-hydrogen) atoms. The molecule has 0 fully saturated rings. The maximum atomic E-state index is 10.3. The summed E-state index contributed by atoms with van der Waals surface area (Å²) in [4.78, 5) is 13.9. The monoisotopic (exact) mass is 154 g/mol. The first-order valence-corrected chi connectivity index (χ1v) is 2.85. The number of hydrogen-bond donors (Lipinski definition) is 2. The predicted molar refractivity (Wildman–Crippen MR) is 36.3 cm³/mol. The van der Waals surface area contributed by atoms with E-state index in [0.29, 0.717) is 0 Å². The fourth-order valence-corrected chi connectivity index (χ4v) is 0.513. The summed E-state index contributed by atoms with van der Waals surface area (Å²) in [6.07, 6.45) is 1.09. The summed E-state index contributed by atoms with van der Waals surface area (Å²) in [7, 11) is 1.59. The lowest BCUT2D eigenvalue weighted by atomic mass is 10.5. The molecule has 1 heterocycles. The molecule has 0 radical (unpaired) electrons. The lowest BCUT2D eigenvalue weighted by molar-refractivity contribution is 0.0690. The SMILES string of the molecule is CNc1nncc(C(=O)O)n1. The molecule has 1 aromatic heterocycles. The van der Waals surface area contributed by atoms with E-state index in [0.717, 1.165) is 6.20 Å². The Labute approximate surface area is 62.3 Å². The average molecular weight is 154 g/mol. The highest BCUT2D eigenvalue weighted by atomic mass is 16.4. The van der Waals surface area contributed by atoms with Crippen LogP contribution in [0.2, 0.25) is 0 Å². The number of carbonyl (C=O) groups is 1. The van der Waals surface area contributed by atoms with Crippen LogP contribution in [-0.4, -0.2) is 33.3 Å². The van der Waals surface area contributed by atoms with Crippen LogP contribution in [0.15, 0.2) is 6.20 Å². The number of aromatic carboxylic acids is 1. The third kappa shape index (κ3) is 1.60. The molecule has 0 amide bonds. The zero-order chi connectivity index (χ0) is 8.27. The smallest absolute Gasteiger partial charge is 0.356 e. The highest BCUT2D eigenvalue weighted by Gasteiger charge is 2.05. The number of nitrogens with one attached hydrogen (secondary N) is 1. The second kappa shape index (κ2) is 2.91. The van der Waals surface area contributed by atoms with Crippen LogP contribution < -0.4 is 5.32 Å². The van der Waals surface area contributed by atoms with E-state index in [1.165, 1.54) is 0 Å². The molecule has 0 atom stereocenters. The summed E-state index contributed by atoms with van der Waals surface area (Å²) in [6, 6.07) is 0. The molecule has 0 aliphatic rings. The Bertz CT molecular complexity index is 275. The maximum Gasteiger partial charge on any atom is 0.356 e. The summed E-state index contributed by atoms with van der Waals surface area (Å²) in [5, 5.41) is 17.9. The number of nitrogens with zero attached hydrogens (tertiary/aromatic N) is 3. The summed E-state index contributed by atoms with van der Waals surface area (Å²) < 4.78 is 0. The van der Waals surface area contributed by atoms with E-state index in [1.807, 2.05) is 0 Å². The van der Waals surface area contributed by atoms with Crippen molar-refractivity contribution >= 4 is 11.9 Å². The summed E-state index contributed by atoms with van der Waals surface area (Å²) in [5.41, 5.74) is -0.121. The van der Waals surface area contributed by atoms with Crippen molar-refractivity contribution in [3.63, 3.8) is 0 Å². The van der Waals surface area contributed by atoms with Gasteiger partial charge >= 0.3 is 5.97 Å². The van der Waals surface area contributed by atoms with Crippen molar-refractivity contribution in [3.05, 3.63) is 11.9 Å². The molecular weight excluding hydrogens is 148 g/mol. The van der Waals surface area contributed by atoms with Gasteiger partial charge in [-0.2, -0.15) is 5.10 Å². The molecule has 0 saturated heterocycles. The van der Waals surface area contributed by atoms with Crippen molar-refractivity contribution in [2.45, 2.75) is 0 Å². The Kier molecular flexibility index (Phi) is 1.95. The lowest BCUT2D eigenvalue weighted by Gasteiger charge is -1.95. The molecule has 58 valence electrons. The first kappa shape index (κ1) is 7.39. The van der Waals surface area contributed by atoms with Crippen LogP contribution in [-0.2, 0) is 0 Å². The van der Waals surface area contributed by atoms with Crippen molar-refractivity contribution in [1.82, 2.24) is 15.2 Å². The number of aromatic nitrogens is 3. The molecule has 0 aliphatic carbocycles. The molecule has 0 aliphatic heterocycles. The van der Waals surface area contributed by atoms with Gasteiger partial charge < -0.3 is 10.4 Å². The van der Waals surface area contributed by atoms with Gasteiger partial charge in [-0.05, 0) is 0 Å². The van der Waals surface area contributed by atoms with Crippen LogP contribution in [0.5, 0.6) is 0 Å². The standard InChI is InChI=1S/C5H6N4O2/c1-6-5-8-3(4(10)11)2-7-9-5/h2H,1H3,(H,10,11)(H,6,8,9). The normalized spacial score (nSPS) is 9.18. The molecule has 0 spiro atoms. The topological polar surface area (TPSA) is 88.0 Å². The minimum Gasteiger partial charge on any atom is -0.476 e. The fraction of sp³-hybridized carbons (Fsp3) is 0.200. The molecule has 0 saturated carbocycles. The zero-order valence-corrected chi connectivity index (χ0v) is 5.77. The van der Waals surface area contributed by atoms with E-state index in [4.69, 9.17) is 5.11 Å². The van der Waals surface area contributed by atoms with E-state index >= 15 is 0 Å². The molecule has 6 heteroatoms. The molecule has 1 rings (SSSR count). The Morgan fingerprint density at radius 2 is 2.45 bits per heavy atom. The zero-order valence-electron chi connectivity index (χ0n) is 5.77. The van der Waals surface area contributed by atoms with Crippen LogP contribution in [0.25, 0.3) is 0 Å². The van der Waals surface area contributed by atoms with Crippen LogP contribution >= 0.6 is 0 Å². The van der Waals surface area contributed by atoms with Gasteiger partial charge in [-0.25, -0.2) is 9.78 Å². The first-order chi connectivity index (χ1) is 5.24. The van der Waals surface area contributed by atoms with E-state index in [9.17, 15) is 4.79 Å². The van der Waals surface area contributed by atoms with Gasteiger partial charge in [-0.15, -0.1) is 5.10 Å². The quantitative estimate of drug-likeness (QED) is 0.603. The van der Waals surface area contributed by atoms with Gasteiger partial charge in [0.05, 0.1) is 6.20 Å². The minimum absolute atomic E-state index is 0.121. The number of rotatable bonds is 2. The highest BCUT2D eigenvalue weighted by Crippen LogP contribution is 1.95. The minimum atomic E-state index is -1.11. The summed E-state index contributed by atoms with van der Waals surface area (Å²) in [5.74, 6) is -0.915. The van der Waals surface area contributed by atoms with E-state index < -0.39 is 5.97 Å². The molecule has 2 N–H and O–H groups in total. The van der Waals surface area contributed by atoms with Gasteiger partial charge in [0.1, 0.15) is 0 Å². The number of anilines is 1. The Morgan fingerprint density at radius 1 is 1.73 bits per heavy atom. The van der Waals surface area contributed by atoms with E-state index in [2.05, 4.69) is 20.5 Å². The number of hydrogen-bond acceptors (Lipinski definition) is 5. The van der Waals surface area contributed by atoms with E-state index in [-0.39, 0.29) is 11.6 Å². The molecule has 0 aromatic carbocycles. The lowest BCUT2D eigenvalue weighted by Crippen LogP contribution is -2.06. The molecule has 6 nitrogen and oxygen atoms in total. The van der Waals surface area contributed by atoms with Gasteiger partial charge in [-0.3, -0.25) is 0 Å². The van der Waals surface area contributed by atoms with Gasteiger partial charge in [0, 0.05) is 7.05 Å². The molecule has 1 aromatic rings. The van der Waals surface area contributed by atoms with Crippen molar-refractivity contribution in [3.8, 4) is 0 Å². The molecular formula is C5H6N4O2. The second-order valence-electron chi connectivity index (χ2n) is 1.72. The van der Waals surface area contributed by atoms with Gasteiger partial charge in [-0.1, -0.05) is 0 Å². The molecule has 0 unspecified atom stereocenters. The van der Waals surface area contributed by atoms with E-state index in [1.54, 1.807) is 7.05 Å². The number of carboxylic acid groups (broad SMARTS) is 1. The van der Waals surface area contributed by atoms with Crippen LogP contribution in [0, 0.1) is 0 Å². The average Bonchev–Trinajstić information content (AvgIpc) is 2.05. The maximum absolute atomic E-state index is 10.3. The van der Waals surface area contributed by atoms with Gasteiger partial charge in [0.25, 0.3) is 0 Å². The van der Waals surface area contributed by atoms with Crippen LogP contribution in [0.1, 0.15) is 10.5 Å². The third-order valence-electron chi connectivity index (χ3n) is 1.00. The van der Waals surface area contributed by atoms with Crippen molar-refractivity contribution in [1.29, 1.82) is 0 Å². The molecule has 0 bridgehead atoms. The fourth-order valence-electron chi connectivity index (χ4n) is 0.513. The largest absolute Gasteiger partial charge is 0.476 e.